The summed E-state index contributed by atoms with van der Waals surface area (Å²) in [6.07, 6.45) is -11.6. The van der Waals surface area contributed by atoms with E-state index in [2.05, 4.69) is 4.74 Å². The SMILES string of the molecule is Fc1ccc(OC(=CC(F)(F)F)C(F)(F)F)c(Cl)c1. The van der Waals surface area contributed by atoms with E-state index >= 15 is 0 Å². The Labute approximate surface area is 107 Å². The number of hydrogen-bond donors (Lipinski definition) is 0. The predicted octanol–water partition coefficient (Wildman–Crippen LogP) is 4.87. The second kappa shape index (κ2) is 5.28. The second-order valence-electron chi connectivity index (χ2n) is 3.22. The molecule has 0 aliphatic heterocycles. The Balaban J connectivity index is 3.13. The van der Waals surface area contributed by atoms with Crippen molar-refractivity contribution in [2.45, 2.75) is 12.4 Å². The number of benzene rings is 1. The van der Waals surface area contributed by atoms with E-state index in [0.717, 1.165) is 0 Å². The number of halogens is 8. The van der Waals surface area contributed by atoms with E-state index in [-0.39, 0.29) is 0 Å². The average Bonchev–Trinajstić information content (AvgIpc) is 2.17. The average molecular weight is 309 g/mol. The van der Waals surface area contributed by atoms with E-state index in [4.69, 9.17) is 11.6 Å². The molecule has 0 heterocycles. The standard InChI is InChI=1S/C10H4ClF7O/c11-6-3-5(12)1-2-7(6)19-8(10(16,17)18)4-9(13,14)15/h1-4H. The minimum absolute atomic E-state index is 0.586. The molecule has 0 spiro atoms. The number of hydrogen-bond acceptors (Lipinski definition) is 1. The molecular formula is C10H4ClF7O. The van der Waals surface area contributed by atoms with Gasteiger partial charge in [-0.2, -0.15) is 26.3 Å². The van der Waals surface area contributed by atoms with Crippen LogP contribution in [-0.2, 0) is 0 Å². The van der Waals surface area contributed by atoms with E-state index in [1.54, 1.807) is 0 Å². The summed E-state index contributed by atoms with van der Waals surface area (Å²) in [6, 6.07) is 1.99. The van der Waals surface area contributed by atoms with Gasteiger partial charge in [0.25, 0.3) is 0 Å². The molecule has 0 saturated carbocycles. The first kappa shape index (κ1) is 15.6. The number of alkyl halides is 6. The van der Waals surface area contributed by atoms with Gasteiger partial charge in [-0.05, 0) is 18.2 Å². The van der Waals surface area contributed by atoms with Crippen molar-refractivity contribution >= 4 is 11.6 Å². The van der Waals surface area contributed by atoms with Gasteiger partial charge in [-0.1, -0.05) is 11.6 Å². The van der Waals surface area contributed by atoms with Gasteiger partial charge < -0.3 is 4.74 Å². The Morgan fingerprint density at radius 1 is 1.11 bits per heavy atom. The van der Waals surface area contributed by atoms with Gasteiger partial charge in [0.2, 0.25) is 5.76 Å². The van der Waals surface area contributed by atoms with Crippen LogP contribution in [0.4, 0.5) is 30.7 Å². The Morgan fingerprint density at radius 3 is 2.11 bits per heavy atom. The summed E-state index contributed by atoms with van der Waals surface area (Å²) in [5.41, 5.74) is 0. The van der Waals surface area contributed by atoms with Crippen LogP contribution in [-0.4, -0.2) is 12.4 Å². The Hall–Kier alpha value is -1.44. The van der Waals surface area contributed by atoms with Crippen LogP contribution in [0.1, 0.15) is 0 Å². The molecule has 9 heteroatoms. The molecule has 1 aromatic rings. The lowest BCUT2D eigenvalue weighted by molar-refractivity contribution is -0.128. The number of rotatable bonds is 2. The summed E-state index contributed by atoms with van der Waals surface area (Å²) >= 11 is 5.35. The van der Waals surface area contributed by atoms with Crippen LogP contribution < -0.4 is 4.74 Å². The summed E-state index contributed by atoms with van der Waals surface area (Å²) in [5, 5.41) is -0.586. The maximum absolute atomic E-state index is 12.6. The van der Waals surface area contributed by atoms with Crippen LogP contribution in [0.5, 0.6) is 5.75 Å². The number of allylic oxidation sites excluding steroid dienone is 2. The van der Waals surface area contributed by atoms with Gasteiger partial charge in [0.1, 0.15) is 11.6 Å². The molecule has 0 radical (unpaired) electrons. The molecule has 0 saturated heterocycles. The largest absolute Gasteiger partial charge is 0.451 e. The quantitative estimate of drug-likeness (QED) is 0.559. The molecule has 19 heavy (non-hydrogen) atoms. The lowest BCUT2D eigenvalue weighted by Crippen LogP contribution is -2.20. The van der Waals surface area contributed by atoms with E-state index in [9.17, 15) is 30.7 Å². The van der Waals surface area contributed by atoms with Crippen molar-refractivity contribution in [3.05, 3.63) is 40.9 Å². The van der Waals surface area contributed by atoms with E-state index in [0.29, 0.717) is 18.2 Å². The lowest BCUT2D eigenvalue weighted by atomic mass is 10.3. The minimum Gasteiger partial charge on any atom is -0.451 e. The first-order valence-corrected chi connectivity index (χ1v) is 4.86. The molecule has 0 unspecified atom stereocenters. The third-order valence-corrected chi connectivity index (χ3v) is 1.98. The van der Waals surface area contributed by atoms with Crippen LogP contribution in [0.25, 0.3) is 0 Å². The third-order valence-electron chi connectivity index (χ3n) is 1.69. The summed E-state index contributed by atoms with van der Waals surface area (Å²) in [7, 11) is 0. The van der Waals surface area contributed by atoms with Crippen molar-refractivity contribution in [3.63, 3.8) is 0 Å². The molecule has 0 amide bonds. The van der Waals surface area contributed by atoms with E-state index < -0.39 is 40.8 Å². The highest BCUT2D eigenvalue weighted by atomic mass is 35.5. The topological polar surface area (TPSA) is 9.23 Å². The summed E-state index contributed by atoms with van der Waals surface area (Å²) in [6.45, 7) is 0. The molecule has 0 aliphatic carbocycles. The first-order valence-electron chi connectivity index (χ1n) is 4.49. The zero-order valence-electron chi connectivity index (χ0n) is 8.74. The van der Waals surface area contributed by atoms with Crippen LogP contribution in [0.3, 0.4) is 0 Å². The minimum atomic E-state index is -5.37. The fourth-order valence-corrected chi connectivity index (χ4v) is 1.20. The van der Waals surface area contributed by atoms with Crippen LogP contribution in [0.2, 0.25) is 5.02 Å². The van der Waals surface area contributed by atoms with Crippen molar-refractivity contribution in [2.75, 3.05) is 0 Å². The normalized spacial score (nSPS) is 13.6. The Morgan fingerprint density at radius 2 is 1.68 bits per heavy atom. The summed E-state index contributed by atoms with van der Waals surface area (Å²) in [5.74, 6) is -3.91. The van der Waals surface area contributed by atoms with Crippen LogP contribution >= 0.6 is 11.6 Å². The fraction of sp³-hybridized carbons (Fsp3) is 0.200. The molecule has 0 aliphatic rings. The van der Waals surface area contributed by atoms with Crippen molar-refractivity contribution in [1.82, 2.24) is 0 Å². The van der Waals surface area contributed by atoms with Gasteiger partial charge in [-0.25, -0.2) is 4.39 Å². The summed E-state index contributed by atoms with van der Waals surface area (Å²) in [4.78, 5) is 0. The molecule has 1 nitrogen and oxygen atoms in total. The fourth-order valence-electron chi connectivity index (χ4n) is 0.994. The molecule has 0 bridgehead atoms. The molecular weight excluding hydrogens is 305 g/mol. The summed E-state index contributed by atoms with van der Waals surface area (Å²) < 4.78 is 89.6. The molecule has 0 N–H and O–H groups in total. The monoisotopic (exact) mass is 308 g/mol. The van der Waals surface area contributed by atoms with Crippen LogP contribution in [0, 0.1) is 5.82 Å². The molecule has 1 rings (SSSR count). The lowest BCUT2D eigenvalue weighted by Gasteiger charge is -2.15. The van der Waals surface area contributed by atoms with Crippen molar-refractivity contribution in [1.29, 1.82) is 0 Å². The van der Waals surface area contributed by atoms with E-state index in [1.807, 2.05) is 0 Å². The van der Waals surface area contributed by atoms with Crippen molar-refractivity contribution in [3.8, 4) is 5.75 Å². The Kier molecular flexibility index (Phi) is 4.34. The van der Waals surface area contributed by atoms with Crippen LogP contribution in [0.15, 0.2) is 30.0 Å². The molecule has 1 aromatic carbocycles. The second-order valence-corrected chi connectivity index (χ2v) is 3.63. The van der Waals surface area contributed by atoms with Gasteiger partial charge in [0, 0.05) is 0 Å². The molecule has 106 valence electrons. The highest BCUT2D eigenvalue weighted by Gasteiger charge is 2.41. The zero-order valence-corrected chi connectivity index (χ0v) is 9.50. The molecule has 0 fully saturated rings. The highest BCUT2D eigenvalue weighted by Crippen LogP contribution is 2.34. The van der Waals surface area contributed by atoms with Gasteiger partial charge in [0.05, 0.1) is 11.1 Å². The van der Waals surface area contributed by atoms with E-state index in [1.165, 1.54) is 0 Å². The third kappa shape index (κ3) is 4.98. The maximum atomic E-state index is 12.6. The van der Waals surface area contributed by atoms with Crippen molar-refractivity contribution in [2.24, 2.45) is 0 Å². The van der Waals surface area contributed by atoms with Gasteiger partial charge in [0.15, 0.2) is 0 Å². The van der Waals surface area contributed by atoms with Gasteiger partial charge in [-0.15, -0.1) is 0 Å². The maximum Gasteiger partial charge on any atom is 0.449 e. The zero-order chi connectivity index (χ0) is 14.8. The predicted molar refractivity (Wildman–Crippen MR) is 52.2 cm³/mol. The van der Waals surface area contributed by atoms with Gasteiger partial charge >= 0.3 is 12.4 Å². The molecule has 0 atom stereocenters. The number of ether oxygens (including phenoxy) is 1. The van der Waals surface area contributed by atoms with Gasteiger partial charge in [-0.3, -0.25) is 0 Å². The highest BCUT2D eigenvalue weighted by molar-refractivity contribution is 6.32. The Bertz CT molecular complexity index is 490. The first-order chi connectivity index (χ1) is 8.49. The molecule has 0 aromatic heterocycles. The van der Waals surface area contributed by atoms with Crippen molar-refractivity contribution < 1.29 is 35.5 Å². The smallest absolute Gasteiger partial charge is 0.449 e.